The van der Waals surface area contributed by atoms with Gasteiger partial charge in [0.25, 0.3) is 0 Å². The van der Waals surface area contributed by atoms with Crippen molar-refractivity contribution in [2.75, 3.05) is 34.2 Å². The number of likely N-dealkylation sites (N-methyl/N-ethyl adjacent to an activating group) is 2. The van der Waals surface area contributed by atoms with E-state index in [1.165, 1.54) is 15.6 Å². The molecule has 0 atom stereocenters. The molecule has 1 aromatic carbocycles. The van der Waals surface area contributed by atoms with Gasteiger partial charge < -0.3 is 15.1 Å². The molecule has 1 rings (SSSR count). The van der Waals surface area contributed by atoms with Crippen molar-refractivity contribution in [3.8, 4) is 0 Å². The molecule has 3 nitrogen and oxygen atoms in total. The summed E-state index contributed by atoms with van der Waals surface area (Å²) in [4.78, 5) is 4.57. The van der Waals surface area contributed by atoms with Gasteiger partial charge in [0.1, 0.15) is 0 Å². The third-order valence-corrected chi connectivity index (χ3v) is 3.94. The van der Waals surface area contributed by atoms with E-state index in [4.69, 9.17) is 0 Å². The first kappa shape index (κ1) is 17.6. The van der Waals surface area contributed by atoms with Crippen LogP contribution in [-0.2, 0) is 13.1 Å². The fraction of sp³-hybridized carbons (Fsp3) is 0.625. The molecule has 114 valence electrons. The highest BCUT2D eigenvalue weighted by atomic mass is 79.9. The van der Waals surface area contributed by atoms with E-state index in [2.05, 4.69) is 84.2 Å². The van der Waals surface area contributed by atoms with Gasteiger partial charge in [0.05, 0.1) is 0 Å². The second-order valence-corrected chi connectivity index (χ2v) is 6.86. The summed E-state index contributed by atoms with van der Waals surface area (Å²) in [7, 11) is 6.39. The molecular formula is C16H28BrN3. The molecule has 1 N–H and O–H groups in total. The molecule has 20 heavy (non-hydrogen) atoms. The van der Waals surface area contributed by atoms with E-state index >= 15 is 0 Å². The lowest BCUT2D eigenvalue weighted by Gasteiger charge is -2.20. The lowest BCUT2D eigenvalue weighted by atomic mass is 10.1. The van der Waals surface area contributed by atoms with E-state index in [-0.39, 0.29) is 0 Å². The van der Waals surface area contributed by atoms with E-state index < -0.39 is 0 Å². The Morgan fingerprint density at radius 3 is 2.40 bits per heavy atom. The number of benzene rings is 1. The molecule has 0 aromatic heterocycles. The van der Waals surface area contributed by atoms with Crippen LogP contribution < -0.4 is 5.32 Å². The van der Waals surface area contributed by atoms with Crippen molar-refractivity contribution in [3.05, 3.63) is 33.8 Å². The summed E-state index contributed by atoms with van der Waals surface area (Å²) in [5.41, 5.74) is 2.67. The van der Waals surface area contributed by atoms with Gasteiger partial charge >= 0.3 is 0 Å². The quantitative estimate of drug-likeness (QED) is 0.784. The van der Waals surface area contributed by atoms with Crippen LogP contribution in [0.4, 0.5) is 0 Å². The zero-order valence-corrected chi connectivity index (χ0v) is 15.0. The van der Waals surface area contributed by atoms with Gasteiger partial charge in [-0.1, -0.05) is 41.9 Å². The Bertz CT molecular complexity index is 405. The van der Waals surface area contributed by atoms with E-state index in [1.807, 2.05) is 0 Å². The highest BCUT2D eigenvalue weighted by molar-refractivity contribution is 9.10. The molecule has 0 heterocycles. The van der Waals surface area contributed by atoms with Crippen molar-refractivity contribution in [2.45, 2.75) is 33.0 Å². The van der Waals surface area contributed by atoms with Crippen LogP contribution in [0.3, 0.4) is 0 Å². The molecule has 1 aromatic rings. The minimum absolute atomic E-state index is 0.519. The van der Waals surface area contributed by atoms with Crippen LogP contribution in [-0.4, -0.2) is 50.1 Å². The van der Waals surface area contributed by atoms with Gasteiger partial charge in [0.15, 0.2) is 0 Å². The molecular weight excluding hydrogens is 314 g/mol. The molecule has 0 amide bonds. The highest BCUT2D eigenvalue weighted by Crippen LogP contribution is 2.20. The second-order valence-electron chi connectivity index (χ2n) is 6.00. The SMILES string of the molecule is CC(C)NCc1ccc(CN(C)CCN(C)C)c(Br)c1. The van der Waals surface area contributed by atoms with Crippen molar-refractivity contribution in [1.29, 1.82) is 0 Å². The monoisotopic (exact) mass is 341 g/mol. The highest BCUT2D eigenvalue weighted by Gasteiger charge is 2.06. The third-order valence-electron chi connectivity index (χ3n) is 3.20. The van der Waals surface area contributed by atoms with Crippen LogP contribution in [0.15, 0.2) is 22.7 Å². The van der Waals surface area contributed by atoms with Crippen LogP contribution in [0, 0.1) is 0 Å². The molecule has 0 aliphatic heterocycles. The summed E-state index contributed by atoms with van der Waals surface area (Å²) in [5, 5.41) is 3.45. The third kappa shape index (κ3) is 6.84. The molecule has 0 aliphatic rings. The summed E-state index contributed by atoms with van der Waals surface area (Å²) >= 11 is 3.70. The first-order valence-corrected chi connectivity index (χ1v) is 8.01. The molecule has 4 heteroatoms. The average Bonchev–Trinajstić information content (AvgIpc) is 2.36. The predicted octanol–water partition coefficient (Wildman–Crippen LogP) is 2.94. The first-order valence-electron chi connectivity index (χ1n) is 7.22. The maximum absolute atomic E-state index is 3.70. The van der Waals surface area contributed by atoms with Crippen molar-refractivity contribution in [3.63, 3.8) is 0 Å². The fourth-order valence-electron chi connectivity index (χ4n) is 1.89. The summed E-state index contributed by atoms with van der Waals surface area (Å²) < 4.78 is 1.21. The number of rotatable bonds is 8. The Morgan fingerprint density at radius 2 is 1.85 bits per heavy atom. The average molecular weight is 342 g/mol. The van der Waals surface area contributed by atoms with Gasteiger partial charge in [-0.2, -0.15) is 0 Å². The van der Waals surface area contributed by atoms with Crippen molar-refractivity contribution < 1.29 is 0 Å². The lowest BCUT2D eigenvalue weighted by molar-refractivity contribution is 0.276. The Balaban J connectivity index is 2.54. The van der Waals surface area contributed by atoms with Crippen molar-refractivity contribution in [2.24, 2.45) is 0 Å². The van der Waals surface area contributed by atoms with Crippen LogP contribution in [0.2, 0.25) is 0 Å². The number of nitrogens with one attached hydrogen (secondary N) is 1. The molecule has 0 saturated heterocycles. The van der Waals surface area contributed by atoms with Gasteiger partial charge in [0.2, 0.25) is 0 Å². The topological polar surface area (TPSA) is 18.5 Å². The van der Waals surface area contributed by atoms with E-state index in [9.17, 15) is 0 Å². The zero-order chi connectivity index (χ0) is 15.1. The Morgan fingerprint density at radius 1 is 1.15 bits per heavy atom. The first-order chi connectivity index (χ1) is 9.38. The summed E-state index contributed by atoms with van der Waals surface area (Å²) in [6, 6.07) is 7.19. The molecule has 0 fully saturated rings. The maximum Gasteiger partial charge on any atom is 0.0242 e. The number of nitrogens with zero attached hydrogens (tertiary/aromatic N) is 2. The summed E-state index contributed by atoms with van der Waals surface area (Å²) in [6.45, 7) is 8.41. The molecule has 0 bridgehead atoms. The Labute approximate surface area is 132 Å². The van der Waals surface area contributed by atoms with Crippen LogP contribution in [0.5, 0.6) is 0 Å². The normalized spacial score (nSPS) is 11.8. The molecule has 0 spiro atoms. The van der Waals surface area contributed by atoms with E-state index in [0.717, 1.165) is 26.2 Å². The Hall–Kier alpha value is -0.420. The van der Waals surface area contributed by atoms with Gasteiger partial charge in [-0.15, -0.1) is 0 Å². The van der Waals surface area contributed by atoms with E-state index in [0.29, 0.717) is 6.04 Å². The summed E-state index contributed by atoms with van der Waals surface area (Å²) in [5.74, 6) is 0. The smallest absolute Gasteiger partial charge is 0.0242 e. The van der Waals surface area contributed by atoms with Crippen LogP contribution >= 0.6 is 15.9 Å². The predicted molar refractivity (Wildman–Crippen MR) is 91.0 cm³/mol. The largest absolute Gasteiger partial charge is 0.310 e. The standard InChI is InChI=1S/C16H28BrN3/c1-13(2)18-11-14-6-7-15(16(17)10-14)12-20(5)9-8-19(3)4/h6-7,10,13,18H,8-9,11-12H2,1-5H3. The molecule has 0 radical (unpaired) electrons. The van der Waals surface area contributed by atoms with E-state index in [1.54, 1.807) is 0 Å². The van der Waals surface area contributed by atoms with Crippen molar-refractivity contribution >= 4 is 15.9 Å². The molecule has 0 unspecified atom stereocenters. The number of hydrogen-bond acceptors (Lipinski definition) is 3. The molecule has 0 aliphatic carbocycles. The van der Waals surface area contributed by atoms with Gasteiger partial charge in [-0.05, 0) is 38.3 Å². The van der Waals surface area contributed by atoms with Crippen LogP contribution in [0.25, 0.3) is 0 Å². The number of halogens is 1. The van der Waals surface area contributed by atoms with Gasteiger partial charge in [-0.3, -0.25) is 0 Å². The van der Waals surface area contributed by atoms with Gasteiger partial charge in [-0.25, -0.2) is 0 Å². The lowest BCUT2D eigenvalue weighted by Crippen LogP contribution is -2.28. The van der Waals surface area contributed by atoms with Crippen molar-refractivity contribution in [1.82, 2.24) is 15.1 Å². The second kappa shape index (κ2) is 8.78. The minimum Gasteiger partial charge on any atom is -0.310 e. The zero-order valence-electron chi connectivity index (χ0n) is 13.4. The van der Waals surface area contributed by atoms with Gasteiger partial charge in [0, 0.05) is 36.7 Å². The number of hydrogen-bond donors (Lipinski definition) is 1. The minimum atomic E-state index is 0.519. The van der Waals surface area contributed by atoms with Crippen LogP contribution in [0.1, 0.15) is 25.0 Å². The molecule has 0 saturated carbocycles. The summed E-state index contributed by atoms with van der Waals surface area (Å²) in [6.07, 6.45) is 0. The fourth-order valence-corrected chi connectivity index (χ4v) is 2.44. The Kier molecular flexibility index (Phi) is 7.74. The maximum atomic E-state index is 3.70.